The molecule has 0 bridgehead atoms. The van der Waals surface area contributed by atoms with Crippen LogP contribution in [-0.2, 0) is 6.54 Å². The van der Waals surface area contributed by atoms with Gasteiger partial charge in [0.1, 0.15) is 5.69 Å². The number of aryl methyl sites for hydroxylation is 1. The summed E-state index contributed by atoms with van der Waals surface area (Å²) in [6.07, 6.45) is 5.10. The zero-order valence-corrected chi connectivity index (χ0v) is 12.2. The van der Waals surface area contributed by atoms with Gasteiger partial charge in [-0.15, -0.1) is 0 Å². The van der Waals surface area contributed by atoms with Gasteiger partial charge in [0, 0.05) is 13.1 Å². The molecular formula is C14H24N4O2. The van der Waals surface area contributed by atoms with Crippen LogP contribution in [0.5, 0.6) is 0 Å². The molecule has 1 aliphatic carbocycles. The first kappa shape index (κ1) is 14.8. The van der Waals surface area contributed by atoms with E-state index in [1.807, 2.05) is 6.92 Å². The lowest BCUT2D eigenvalue weighted by molar-refractivity contribution is -0.0110. The first-order valence-electron chi connectivity index (χ1n) is 7.27. The Balaban J connectivity index is 2.00. The molecule has 1 aromatic rings. The fourth-order valence-electron chi connectivity index (χ4n) is 3.01. The van der Waals surface area contributed by atoms with Crippen molar-refractivity contribution in [3.63, 3.8) is 0 Å². The number of rotatable bonds is 4. The first-order valence-corrected chi connectivity index (χ1v) is 7.27. The monoisotopic (exact) mass is 280 g/mol. The largest absolute Gasteiger partial charge is 0.396 e. The molecule has 2 atom stereocenters. The van der Waals surface area contributed by atoms with Crippen LogP contribution in [0.2, 0.25) is 0 Å². The van der Waals surface area contributed by atoms with E-state index in [1.54, 1.807) is 4.68 Å². The number of nitrogens with zero attached hydrogens (tertiary/aromatic N) is 2. The maximum atomic E-state index is 12.2. The van der Waals surface area contributed by atoms with Crippen LogP contribution < -0.4 is 11.1 Å². The Kier molecular flexibility index (Phi) is 4.32. The van der Waals surface area contributed by atoms with Crippen LogP contribution in [0.15, 0.2) is 6.20 Å². The predicted molar refractivity (Wildman–Crippen MR) is 77.2 cm³/mol. The number of nitrogens with two attached hydrogens (primary N) is 1. The molecule has 6 heteroatoms. The third-order valence-electron chi connectivity index (χ3n) is 4.03. The van der Waals surface area contributed by atoms with E-state index in [-0.39, 0.29) is 12.5 Å². The van der Waals surface area contributed by atoms with E-state index in [2.05, 4.69) is 17.3 Å². The van der Waals surface area contributed by atoms with Gasteiger partial charge in [0.25, 0.3) is 5.91 Å². The number of carbonyl (C=O) groups is 1. The Bertz CT molecular complexity index is 486. The van der Waals surface area contributed by atoms with Crippen LogP contribution >= 0.6 is 0 Å². The molecule has 2 unspecified atom stereocenters. The summed E-state index contributed by atoms with van der Waals surface area (Å²) in [6, 6.07) is 0. The van der Waals surface area contributed by atoms with Crippen molar-refractivity contribution >= 4 is 11.6 Å². The summed E-state index contributed by atoms with van der Waals surface area (Å²) >= 11 is 0. The minimum Gasteiger partial charge on any atom is -0.396 e. The van der Waals surface area contributed by atoms with E-state index >= 15 is 0 Å². The summed E-state index contributed by atoms with van der Waals surface area (Å²) in [7, 11) is 0. The van der Waals surface area contributed by atoms with Crippen LogP contribution in [0.4, 0.5) is 5.69 Å². The number of carbonyl (C=O) groups excluding carboxylic acids is 1. The zero-order chi connectivity index (χ0) is 14.8. The summed E-state index contributed by atoms with van der Waals surface area (Å²) in [5.41, 5.74) is 5.73. The minimum absolute atomic E-state index is 0.268. The second kappa shape index (κ2) is 5.83. The van der Waals surface area contributed by atoms with Crippen LogP contribution in [0.25, 0.3) is 0 Å². The van der Waals surface area contributed by atoms with E-state index in [9.17, 15) is 9.90 Å². The highest BCUT2D eigenvalue weighted by Gasteiger charge is 2.33. The SMILES string of the molecule is CCn1ncc(N)c1C(=O)NCC1(O)CCCC(C)C1. The van der Waals surface area contributed by atoms with E-state index < -0.39 is 5.60 Å². The van der Waals surface area contributed by atoms with Crippen molar-refractivity contribution in [2.45, 2.75) is 51.7 Å². The van der Waals surface area contributed by atoms with Gasteiger partial charge < -0.3 is 16.2 Å². The van der Waals surface area contributed by atoms with Gasteiger partial charge in [0.05, 0.1) is 17.5 Å². The number of amides is 1. The summed E-state index contributed by atoms with van der Waals surface area (Å²) in [5, 5.41) is 17.4. The number of hydrogen-bond acceptors (Lipinski definition) is 4. The molecule has 0 spiro atoms. The number of aliphatic hydroxyl groups is 1. The van der Waals surface area contributed by atoms with Crippen molar-refractivity contribution < 1.29 is 9.90 Å². The molecule has 0 saturated heterocycles. The van der Waals surface area contributed by atoms with Crippen molar-refractivity contribution in [2.24, 2.45) is 5.92 Å². The Morgan fingerprint density at radius 3 is 3.10 bits per heavy atom. The highest BCUT2D eigenvalue weighted by Crippen LogP contribution is 2.31. The molecule has 0 radical (unpaired) electrons. The highest BCUT2D eigenvalue weighted by molar-refractivity contribution is 5.97. The molecule has 4 N–H and O–H groups in total. The van der Waals surface area contributed by atoms with Crippen LogP contribution in [-0.4, -0.2) is 32.9 Å². The van der Waals surface area contributed by atoms with Gasteiger partial charge in [-0.1, -0.05) is 19.8 Å². The molecule has 2 rings (SSSR count). The predicted octanol–water partition coefficient (Wildman–Crippen LogP) is 1.16. The molecule has 112 valence electrons. The van der Waals surface area contributed by atoms with Gasteiger partial charge in [-0.2, -0.15) is 5.10 Å². The molecule has 6 nitrogen and oxygen atoms in total. The van der Waals surface area contributed by atoms with Crippen LogP contribution in [0.1, 0.15) is 50.0 Å². The van der Waals surface area contributed by atoms with E-state index in [4.69, 9.17) is 5.73 Å². The standard InChI is InChI=1S/C14H24N4O2/c1-3-18-12(11(15)8-17-18)13(19)16-9-14(20)6-4-5-10(2)7-14/h8,10,20H,3-7,9,15H2,1-2H3,(H,16,19). The van der Waals surface area contributed by atoms with Gasteiger partial charge in [-0.3, -0.25) is 9.48 Å². The molecule has 20 heavy (non-hydrogen) atoms. The van der Waals surface area contributed by atoms with Gasteiger partial charge >= 0.3 is 0 Å². The minimum atomic E-state index is -0.793. The lowest BCUT2D eigenvalue weighted by Gasteiger charge is -2.35. The van der Waals surface area contributed by atoms with E-state index in [0.29, 0.717) is 23.8 Å². The topological polar surface area (TPSA) is 93.2 Å². The number of anilines is 1. The summed E-state index contributed by atoms with van der Waals surface area (Å²) in [5.74, 6) is 0.227. The number of hydrogen-bond donors (Lipinski definition) is 3. The van der Waals surface area contributed by atoms with Crippen molar-refractivity contribution in [2.75, 3.05) is 12.3 Å². The first-order chi connectivity index (χ1) is 9.45. The molecule has 1 saturated carbocycles. The second-order valence-electron chi connectivity index (χ2n) is 5.87. The summed E-state index contributed by atoms with van der Waals surface area (Å²) in [6.45, 7) is 4.89. The molecular weight excluding hydrogens is 256 g/mol. The van der Waals surface area contributed by atoms with Crippen molar-refractivity contribution in [1.82, 2.24) is 15.1 Å². The van der Waals surface area contributed by atoms with Gasteiger partial charge in [-0.25, -0.2) is 0 Å². The maximum absolute atomic E-state index is 12.2. The third kappa shape index (κ3) is 3.12. The average Bonchev–Trinajstić information content (AvgIpc) is 2.77. The van der Waals surface area contributed by atoms with Crippen LogP contribution in [0, 0.1) is 5.92 Å². The van der Waals surface area contributed by atoms with Crippen molar-refractivity contribution in [3.05, 3.63) is 11.9 Å². The molecule has 0 aromatic carbocycles. The fraction of sp³-hybridized carbons (Fsp3) is 0.714. The quantitative estimate of drug-likeness (QED) is 0.771. The van der Waals surface area contributed by atoms with Crippen LogP contribution in [0.3, 0.4) is 0 Å². The Labute approximate surface area is 119 Å². The number of nitrogen functional groups attached to an aromatic ring is 1. The third-order valence-corrected chi connectivity index (χ3v) is 4.03. The highest BCUT2D eigenvalue weighted by atomic mass is 16.3. The lowest BCUT2D eigenvalue weighted by atomic mass is 9.79. The molecule has 1 aromatic heterocycles. The maximum Gasteiger partial charge on any atom is 0.271 e. The zero-order valence-electron chi connectivity index (χ0n) is 12.2. The average molecular weight is 280 g/mol. The van der Waals surface area contributed by atoms with Gasteiger partial charge in [0.15, 0.2) is 0 Å². The second-order valence-corrected chi connectivity index (χ2v) is 5.87. The summed E-state index contributed by atoms with van der Waals surface area (Å²) < 4.78 is 1.57. The van der Waals surface area contributed by atoms with Gasteiger partial charge in [0.2, 0.25) is 0 Å². The Morgan fingerprint density at radius 1 is 1.70 bits per heavy atom. The van der Waals surface area contributed by atoms with Crippen molar-refractivity contribution in [1.29, 1.82) is 0 Å². The number of nitrogens with one attached hydrogen (secondary N) is 1. The van der Waals surface area contributed by atoms with E-state index in [0.717, 1.165) is 25.7 Å². The van der Waals surface area contributed by atoms with Crippen molar-refractivity contribution in [3.8, 4) is 0 Å². The normalized spacial score (nSPS) is 26.4. The fourth-order valence-corrected chi connectivity index (χ4v) is 3.01. The Hall–Kier alpha value is -1.56. The van der Waals surface area contributed by atoms with Gasteiger partial charge in [-0.05, 0) is 25.7 Å². The molecule has 1 amide bonds. The molecule has 0 aliphatic heterocycles. The molecule has 1 heterocycles. The number of aromatic nitrogens is 2. The molecule has 1 fully saturated rings. The van der Waals surface area contributed by atoms with E-state index in [1.165, 1.54) is 6.20 Å². The summed E-state index contributed by atoms with van der Waals surface area (Å²) in [4.78, 5) is 12.2. The lowest BCUT2D eigenvalue weighted by Crippen LogP contribution is -2.46. The molecule has 1 aliphatic rings. The smallest absolute Gasteiger partial charge is 0.271 e. The Morgan fingerprint density at radius 2 is 2.45 bits per heavy atom.